The summed E-state index contributed by atoms with van der Waals surface area (Å²) in [6, 6.07) is 19.5. The number of hydrogen-bond donors (Lipinski definition) is 2. The van der Waals surface area contributed by atoms with Gasteiger partial charge in [0.1, 0.15) is 11.5 Å². The predicted molar refractivity (Wildman–Crippen MR) is 95.7 cm³/mol. The van der Waals surface area contributed by atoms with E-state index in [0.717, 1.165) is 47.3 Å². The molecule has 0 radical (unpaired) electrons. The van der Waals surface area contributed by atoms with Crippen LogP contribution in [0.5, 0.6) is 11.5 Å². The van der Waals surface area contributed by atoms with E-state index in [1.807, 2.05) is 24.3 Å². The molecule has 0 saturated carbocycles. The van der Waals surface area contributed by atoms with Gasteiger partial charge in [-0.15, -0.1) is 0 Å². The van der Waals surface area contributed by atoms with Crippen LogP contribution in [0, 0.1) is 0 Å². The average Bonchev–Trinajstić information content (AvgIpc) is 2.57. The Morgan fingerprint density at radius 1 is 0.870 bits per heavy atom. The molecule has 0 amide bonds. The van der Waals surface area contributed by atoms with Crippen molar-refractivity contribution in [2.75, 3.05) is 11.9 Å². The van der Waals surface area contributed by atoms with E-state index >= 15 is 0 Å². The van der Waals surface area contributed by atoms with Crippen molar-refractivity contribution in [3.8, 4) is 11.5 Å². The number of benzene rings is 3. The number of hydrogen-bond acceptors (Lipinski definition) is 3. The summed E-state index contributed by atoms with van der Waals surface area (Å²) in [5.74, 6) is 1.19. The summed E-state index contributed by atoms with van der Waals surface area (Å²) in [5.41, 5.74) is 1.96. The lowest BCUT2D eigenvalue weighted by molar-refractivity contribution is 0.310. The molecule has 0 heterocycles. The van der Waals surface area contributed by atoms with Crippen LogP contribution in [0.15, 0.2) is 60.7 Å². The number of fused-ring (bicyclic) bond motifs is 1. The Labute approximate surface area is 136 Å². The van der Waals surface area contributed by atoms with E-state index in [0.29, 0.717) is 0 Å². The van der Waals surface area contributed by atoms with Crippen molar-refractivity contribution in [2.24, 2.45) is 0 Å². The van der Waals surface area contributed by atoms with Crippen LogP contribution in [0.4, 0.5) is 11.4 Å². The summed E-state index contributed by atoms with van der Waals surface area (Å²) >= 11 is 0. The van der Waals surface area contributed by atoms with Crippen molar-refractivity contribution < 1.29 is 9.84 Å². The summed E-state index contributed by atoms with van der Waals surface area (Å²) in [5, 5.41) is 15.0. The first-order valence-corrected chi connectivity index (χ1v) is 7.97. The van der Waals surface area contributed by atoms with Crippen molar-refractivity contribution in [3.05, 3.63) is 60.7 Å². The largest absolute Gasteiger partial charge is 0.508 e. The molecule has 3 heteroatoms. The number of unbranched alkanes of at least 4 members (excludes halogenated alkanes) is 1. The molecule has 0 aliphatic rings. The Morgan fingerprint density at radius 2 is 1.57 bits per heavy atom. The topological polar surface area (TPSA) is 41.5 Å². The molecule has 0 unspecified atom stereocenters. The van der Waals surface area contributed by atoms with Gasteiger partial charge in [-0.25, -0.2) is 0 Å². The van der Waals surface area contributed by atoms with Crippen LogP contribution < -0.4 is 10.1 Å². The van der Waals surface area contributed by atoms with E-state index in [1.54, 1.807) is 12.1 Å². The number of nitrogens with one attached hydrogen (secondary N) is 1. The van der Waals surface area contributed by atoms with Gasteiger partial charge in [-0.2, -0.15) is 0 Å². The second-order valence-electron chi connectivity index (χ2n) is 5.60. The van der Waals surface area contributed by atoms with Crippen LogP contribution in [-0.4, -0.2) is 11.7 Å². The zero-order valence-electron chi connectivity index (χ0n) is 13.3. The Balaban J connectivity index is 1.76. The van der Waals surface area contributed by atoms with Crippen LogP contribution in [0.25, 0.3) is 10.8 Å². The van der Waals surface area contributed by atoms with Crippen LogP contribution in [0.1, 0.15) is 19.8 Å². The first-order chi connectivity index (χ1) is 11.2. The number of aromatic hydroxyl groups is 1. The van der Waals surface area contributed by atoms with Gasteiger partial charge in [-0.05, 0) is 65.7 Å². The molecule has 0 bridgehead atoms. The molecule has 0 spiro atoms. The highest BCUT2D eigenvalue weighted by atomic mass is 16.5. The number of anilines is 2. The van der Waals surface area contributed by atoms with Crippen LogP contribution >= 0.6 is 0 Å². The van der Waals surface area contributed by atoms with Gasteiger partial charge in [0.2, 0.25) is 0 Å². The van der Waals surface area contributed by atoms with E-state index in [9.17, 15) is 5.11 Å². The highest BCUT2D eigenvalue weighted by Gasteiger charge is 2.01. The number of ether oxygens (including phenoxy) is 1. The molecule has 0 aliphatic heterocycles. The van der Waals surface area contributed by atoms with E-state index < -0.39 is 0 Å². The van der Waals surface area contributed by atoms with Gasteiger partial charge in [0.25, 0.3) is 0 Å². The summed E-state index contributed by atoms with van der Waals surface area (Å²) in [6.45, 7) is 2.93. The fourth-order valence-corrected chi connectivity index (χ4v) is 2.44. The minimum Gasteiger partial charge on any atom is -0.508 e. The van der Waals surface area contributed by atoms with Gasteiger partial charge in [-0.3, -0.25) is 0 Å². The lowest BCUT2D eigenvalue weighted by atomic mass is 10.1. The van der Waals surface area contributed by atoms with Crippen LogP contribution in [0.2, 0.25) is 0 Å². The Hall–Kier alpha value is -2.68. The molecule has 3 rings (SSSR count). The lowest BCUT2D eigenvalue weighted by Crippen LogP contribution is -1.96. The zero-order valence-corrected chi connectivity index (χ0v) is 13.3. The van der Waals surface area contributed by atoms with Crippen molar-refractivity contribution in [2.45, 2.75) is 19.8 Å². The van der Waals surface area contributed by atoms with Gasteiger partial charge in [-0.1, -0.05) is 25.5 Å². The average molecular weight is 307 g/mol. The third kappa shape index (κ3) is 3.95. The van der Waals surface area contributed by atoms with Crippen LogP contribution in [-0.2, 0) is 0 Å². The van der Waals surface area contributed by atoms with Crippen molar-refractivity contribution in [1.29, 1.82) is 0 Å². The van der Waals surface area contributed by atoms with E-state index in [1.165, 1.54) is 0 Å². The summed E-state index contributed by atoms with van der Waals surface area (Å²) in [6.07, 6.45) is 2.22. The Kier molecular flexibility index (Phi) is 4.67. The number of phenols is 1. The fraction of sp³-hybridized carbons (Fsp3) is 0.200. The molecule has 0 atom stereocenters. The lowest BCUT2D eigenvalue weighted by Gasteiger charge is -2.10. The van der Waals surface area contributed by atoms with Gasteiger partial charge < -0.3 is 15.2 Å². The maximum absolute atomic E-state index is 9.33. The molecule has 3 nitrogen and oxygen atoms in total. The van der Waals surface area contributed by atoms with E-state index in [-0.39, 0.29) is 5.75 Å². The maximum Gasteiger partial charge on any atom is 0.119 e. The molecule has 0 aliphatic carbocycles. The van der Waals surface area contributed by atoms with Gasteiger partial charge in [0.15, 0.2) is 0 Å². The van der Waals surface area contributed by atoms with Crippen molar-refractivity contribution in [1.82, 2.24) is 0 Å². The Morgan fingerprint density at radius 3 is 2.35 bits per heavy atom. The van der Waals surface area contributed by atoms with Gasteiger partial charge in [0.05, 0.1) is 6.61 Å². The monoisotopic (exact) mass is 307 g/mol. The van der Waals surface area contributed by atoms with Gasteiger partial charge >= 0.3 is 0 Å². The molecule has 2 N–H and O–H groups in total. The minimum atomic E-state index is 0.268. The molecule has 0 fully saturated rings. The van der Waals surface area contributed by atoms with E-state index in [2.05, 4.69) is 36.5 Å². The third-order valence-electron chi connectivity index (χ3n) is 3.73. The number of phenolic OH excluding ortho intramolecular Hbond substituents is 1. The maximum atomic E-state index is 9.33. The Bertz CT molecular complexity index is 781. The third-order valence-corrected chi connectivity index (χ3v) is 3.73. The molecular weight excluding hydrogens is 286 g/mol. The first kappa shape index (κ1) is 15.2. The summed E-state index contributed by atoms with van der Waals surface area (Å²) in [4.78, 5) is 0. The molecule has 0 aromatic heterocycles. The van der Waals surface area contributed by atoms with Gasteiger partial charge in [0, 0.05) is 11.4 Å². The normalized spacial score (nSPS) is 10.7. The summed E-state index contributed by atoms with van der Waals surface area (Å²) < 4.78 is 5.75. The predicted octanol–water partition coefficient (Wildman–Crippen LogP) is 5.47. The fourth-order valence-electron chi connectivity index (χ4n) is 2.44. The molecule has 0 saturated heterocycles. The quantitative estimate of drug-likeness (QED) is 0.469. The second-order valence-corrected chi connectivity index (χ2v) is 5.60. The molecule has 3 aromatic carbocycles. The SMILES string of the molecule is CCCCOc1ccc2cc(Nc3ccc(O)cc3)ccc2c1. The second kappa shape index (κ2) is 7.05. The highest BCUT2D eigenvalue weighted by molar-refractivity contribution is 5.87. The standard InChI is InChI=1S/C20H21NO2/c1-2-3-12-23-20-11-5-15-13-18(6-4-16(15)14-20)21-17-7-9-19(22)10-8-17/h4-11,13-14,21-22H,2-3,12H2,1H3. The van der Waals surface area contributed by atoms with Crippen LogP contribution in [0.3, 0.4) is 0 Å². The summed E-state index contributed by atoms with van der Waals surface area (Å²) in [7, 11) is 0. The first-order valence-electron chi connectivity index (χ1n) is 7.97. The smallest absolute Gasteiger partial charge is 0.119 e. The molecule has 23 heavy (non-hydrogen) atoms. The van der Waals surface area contributed by atoms with Crippen molar-refractivity contribution >= 4 is 22.1 Å². The minimum absolute atomic E-state index is 0.268. The van der Waals surface area contributed by atoms with Crippen molar-refractivity contribution in [3.63, 3.8) is 0 Å². The highest BCUT2D eigenvalue weighted by Crippen LogP contribution is 2.26. The molecular formula is C20H21NO2. The zero-order chi connectivity index (χ0) is 16.1. The number of rotatable bonds is 6. The molecule has 118 valence electrons. The van der Waals surface area contributed by atoms with E-state index in [4.69, 9.17) is 4.74 Å². The molecule has 3 aromatic rings.